The molecule has 0 spiro atoms. The molecule has 2 heterocycles. The molecule has 36 heavy (non-hydrogen) atoms. The second kappa shape index (κ2) is 10.9. The summed E-state index contributed by atoms with van der Waals surface area (Å²) in [5, 5.41) is 0.884. The van der Waals surface area contributed by atoms with Crippen LogP contribution in [-0.2, 0) is 9.53 Å². The number of halogens is 2. The second-order valence-corrected chi connectivity index (χ2v) is 9.66. The van der Waals surface area contributed by atoms with Crippen molar-refractivity contribution in [2.45, 2.75) is 26.8 Å². The summed E-state index contributed by atoms with van der Waals surface area (Å²) < 4.78 is 18.3. The van der Waals surface area contributed by atoms with Crippen LogP contribution in [0.15, 0.2) is 57.5 Å². The van der Waals surface area contributed by atoms with E-state index in [1.807, 2.05) is 13.0 Å². The van der Waals surface area contributed by atoms with E-state index in [2.05, 4.69) is 4.99 Å². The summed E-state index contributed by atoms with van der Waals surface area (Å²) in [5.41, 5.74) is 1.68. The lowest BCUT2D eigenvalue weighted by Crippen LogP contribution is -2.40. The Morgan fingerprint density at radius 2 is 1.89 bits per heavy atom. The molecule has 1 aliphatic heterocycles. The van der Waals surface area contributed by atoms with Crippen LogP contribution >= 0.6 is 34.5 Å². The number of hydrogen-bond donors (Lipinski definition) is 0. The standard InChI is InChI=1S/C26H24Cl2N2O5S/c1-5-34-20-9-7-15(11-18(20)28)12-21-24(31)30-23(17-13-16(27)8-10-19(17)33-4)22(25(32)35-6-2)14(3)29-26(30)36-21/h7-13,23H,5-6H2,1-4H3/b21-12-/t23-/m0/s1. The Morgan fingerprint density at radius 1 is 1.14 bits per heavy atom. The Kier molecular flexibility index (Phi) is 7.88. The number of hydrogen-bond acceptors (Lipinski definition) is 7. The van der Waals surface area contributed by atoms with E-state index < -0.39 is 12.0 Å². The number of nitrogens with zero attached hydrogens (tertiary/aromatic N) is 2. The van der Waals surface area contributed by atoms with Gasteiger partial charge in [-0.05, 0) is 62.7 Å². The summed E-state index contributed by atoms with van der Waals surface area (Å²) in [5.74, 6) is 0.493. The third-order valence-corrected chi connectivity index (χ3v) is 7.07. The maximum absolute atomic E-state index is 13.7. The van der Waals surface area contributed by atoms with Gasteiger partial charge in [0, 0.05) is 10.6 Å². The van der Waals surface area contributed by atoms with Gasteiger partial charge in [0.05, 0.1) is 41.1 Å². The molecule has 0 saturated carbocycles. The first kappa shape index (κ1) is 26.0. The van der Waals surface area contributed by atoms with Gasteiger partial charge in [0.15, 0.2) is 4.80 Å². The van der Waals surface area contributed by atoms with Crippen LogP contribution in [0.3, 0.4) is 0 Å². The molecular formula is C26H24Cl2N2O5S. The van der Waals surface area contributed by atoms with Crippen LogP contribution in [-0.4, -0.2) is 30.9 Å². The molecule has 188 valence electrons. The molecule has 0 aliphatic carbocycles. The van der Waals surface area contributed by atoms with Crippen LogP contribution in [0.2, 0.25) is 10.0 Å². The molecule has 3 aromatic rings. The van der Waals surface area contributed by atoms with Gasteiger partial charge in [0.2, 0.25) is 0 Å². The van der Waals surface area contributed by atoms with Crippen LogP contribution in [0.5, 0.6) is 11.5 Å². The minimum Gasteiger partial charge on any atom is -0.496 e. The lowest BCUT2D eigenvalue weighted by molar-refractivity contribution is -0.139. The number of methoxy groups -OCH3 is 1. The van der Waals surface area contributed by atoms with Crippen molar-refractivity contribution < 1.29 is 19.0 Å². The number of benzene rings is 2. The number of fused-ring (bicyclic) bond motifs is 1. The van der Waals surface area contributed by atoms with Crippen molar-refractivity contribution in [2.24, 2.45) is 4.99 Å². The first-order chi connectivity index (χ1) is 17.3. The van der Waals surface area contributed by atoms with Gasteiger partial charge in [-0.15, -0.1) is 0 Å². The molecule has 0 unspecified atom stereocenters. The smallest absolute Gasteiger partial charge is 0.338 e. The Morgan fingerprint density at radius 3 is 2.56 bits per heavy atom. The highest BCUT2D eigenvalue weighted by Gasteiger charge is 2.35. The van der Waals surface area contributed by atoms with Crippen molar-refractivity contribution in [3.8, 4) is 11.5 Å². The molecule has 0 fully saturated rings. The molecule has 7 nitrogen and oxygen atoms in total. The third-order valence-electron chi connectivity index (χ3n) is 5.56. The highest BCUT2D eigenvalue weighted by molar-refractivity contribution is 7.07. The fraction of sp³-hybridized carbons (Fsp3) is 0.269. The molecule has 0 N–H and O–H groups in total. The SMILES string of the molecule is CCOC(=O)C1=C(C)N=c2s/c(=C\c3ccc(OCC)c(Cl)c3)c(=O)n2[C@H]1c1cc(Cl)ccc1OC. The molecule has 1 aromatic heterocycles. The van der Waals surface area contributed by atoms with E-state index in [0.29, 0.717) is 48.7 Å². The van der Waals surface area contributed by atoms with Crippen LogP contribution in [0.4, 0.5) is 0 Å². The lowest BCUT2D eigenvalue weighted by Gasteiger charge is -2.26. The number of thiazole rings is 1. The second-order valence-electron chi connectivity index (χ2n) is 7.81. The highest BCUT2D eigenvalue weighted by atomic mass is 35.5. The fourth-order valence-corrected chi connectivity index (χ4v) is 5.51. The van der Waals surface area contributed by atoms with Crippen molar-refractivity contribution in [1.29, 1.82) is 0 Å². The molecular weight excluding hydrogens is 523 g/mol. The molecule has 0 saturated heterocycles. The Balaban J connectivity index is 1.95. The van der Waals surface area contributed by atoms with Crippen molar-refractivity contribution in [2.75, 3.05) is 20.3 Å². The highest BCUT2D eigenvalue weighted by Crippen LogP contribution is 2.37. The Hall–Kier alpha value is -3.07. The van der Waals surface area contributed by atoms with Crippen molar-refractivity contribution in [3.63, 3.8) is 0 Å². The van der Waals surface area contributed by atoms with Gasteiger partial charge in [-0.25, -0.2) is 9.79 Å². The van der Waals surface area contributed by atoms with Gasteiger partial charge >= 0.3 is 5.97 Å². The number of carbonyl (C=O) groups is 1. The third kappa shape index (κ3) is 4.93. The molecule has 0 amide bonds. The van der Waals surface area contributed by atoms with E-state index in [1.54, 1.807) is 50.3 Å². The zero-order valence-electron chi connectivity index (χ0n) is 20.1. The summed E-state index contributed by atoms with van der Waals surface area (Å²) in [6, 6.07) is 9.56. The molecule has 10 heteroatoms. The summed E-state index contributed by atoms with van der Waals surface area (Å²) in [6.45, 7) is 5.99. The van der Waals surface area contributed by atoms with Crippen LogP contribution in [0.25, 0.3) is 6.08 Å². The minimum atomic E-state index is -0.833. The van der Waals surface area contributed by atoms with Crippen molar-refractivity contribution >= 4 is 46.6 Å². The monoisotopic (exact) mass is 546 g/mol. The summed E-state index contributed by atoms with van der Waals surface area (Å²) in [4.78, 5) is 31.8. The van der Waals surface area contributed by atoms with Crippen molar-refractivity contribution in [3.05, 3.63) is 88.5 Å². The Labute approximate surface area is 221 Å². The van der Waals surface area contributed by atoms with E-state index in [9.17, 15) is 9.59 Å². The fourth-order valence-electron chi connectivity index (χ4n) is 4.04. The van der Waals surface area contributed by atoms with Gasteiger partial charge < -0.3 is 14.2 Å². The lowest BCUT2D eigenvalue weighted by atomic mass is 9.95. The molecule has 0 bridgehead atoms. The average molecular weight is 547 g/mol. The van der Waals surface area contributed by atoms with Gasteiger partial charge in [0.25, 0.3) is 5.56 Å². The maximum atomic E-state index is 13.7. The normalized spacial score (nSPS) is 15.4. The number of carbonyl (C=O) groups excluding carboxylic acids is 1. The molecule has 1 atom stereocenters. The number of aromatic nitrogens is 1. The quantitative estimate of drug-likeness (QED) is 0.407. The van der Waals surface area contributed by atoms with Crippen molar-refractivity contribution in [1.82, 2.24) is 4.57 Å². The Bertz CT molecular complexity index is 1540. The van der Waals surface area contributed by atoms with E-state index in [1.165, 1.54) is 23.0 Å². The maximum Gasteiger partial charge on any atom is 0.338 e. The van der Waals surface area contributed by atoms with Gasteiger partial charge in [0.1, 0.15) is 17.5 Å². The average Bonchev–Trinajstić information content (AvgIpc) is 3.14. The van der Waals surface area contributed by atoms with E-state index in [-0.39, 0.29) is 17.7 Å². The first-order valence-electron chi connectivity index (χ1n) is 11.2. The number of ether oxygens (including phenoxy) is 3. The molecule has 1 aliphatic rings. The first-order valence-corrected chi connectivity index (χ1v) is 12.8. The van der Waals surface area contributed by atoms with Crippen LogP contribution < -0.4 is 24.4 Å². The van der Waals surface area contributed by atoms with Crippen LogP contribution in [0, 0.1) is 0 Å². The summed E-state index contributed by atoms with van der Waals surface area (Å²) in [7, 11) is 1.52. The molecule has 2 aromatic carbocycles. The zero-order valence-corrected chi connectivity index (χ0v) is 22.5. The predicted octanol–water partition coefficient (Wildman–Crippen LogP) is 4.51. The van der Waals surface area contributed by atoms with Gasteiger partial charge in [-0.2, -0.15) is 0 Å². The zero-order chi connectivity index (χ0) is 26.0. The summed E-state index contributed by atoms with van der Waals surface area (Å²) >= 11 is 13.9. The summed E-state index contributed by atoms with van der Waals surface area (Å²) in [6.07, 6.45) is 1.74. The van der Waals surface area contributed by atoms with Gasteiger partial charge in [-0.1, -0.05) is 40.6 Å². The largest absolute Gasteiger partial charge is 0.496 e. The van der Waals surface area contributed by atoms with Gasteiger partial charge in [-0.3, -0.25) is 9.36 Å². The predicted molar refractivity (Wildman–Crippen MR) is 141 cm³/mol. The van der Waals surface area contributed by atoms with E-state index >= 15 is 0 Å². The number of rotatable bonds is 7. The minimum absolute atomic E-state index is 0.179. The number of allylic oxidation sites excluding steroid dienone is 1. The van der Waals surface area contributed by atoms with E-state index in [0.717, 1.165) is 5.56 Å². The molecule has 4 rings (SSSR count). The molecule has 0 radical (unpaired) electrons. The van der Waals surface area contributed by atoms with Crippen LogP contribution in [0.1, 0.15) is 37.9 Å². The topological polar surface area (TPSA) is 79.1 Å². The van der Waals surface area contributed by atoms with E-state index in [4.69, 9.17) is 37.4 Å². The number of esters is 1.